The zero-order chi connectivity index (χ0) is 11.9. The van der Waals surface area contributed by atoms with Crippen molar-refractivity contribution in [1.29, 1.82) is 0 Å². The molecule has 0 spiro atoms. The van der Waals surface area contributed by atoms with Gasteiger partial charge in [-0.2, -0.15) is 0 Å². The number of carbonyl (C=O) groups is 1. The van der Waals surface area contributed by atoms with Crippen molar-refractivity contribution in [2.24, 2.45) is 5.73 Å². The smallest absolute Gasteiger partial charge is 0.221 e. The third-order valence-corrected chi connectivity index (χ3v) is 3.49. The molecule has 0 atom stereocenters. The second-order valence-corrected chi connectivity index (χ2v) is 6.07. The lowest BCUT2D eigenvalue weighted by Gasteiger charge is -2.08. The molecule has 90 valence electrons. The van der Waals surface area contributed by atoms with Crippen molar-refractivity contribution in [1.82, 2.24) is 5.32 Å². The van der Waals surface area contributed by atoms with Crippen molar-refractivity contribution >= 4 is 15.7 Å². The lowest BCUT2D eigenvalue weighted by atomic mass is 10.3. The quantitative estimate of drug-likeness (QED) is 0.633. The first-order valence-corrected chi connectivity index (χ1v) is 6.89. The van der Waals surface area contributed by atoms with Crippen LogP contribution in [0.5, 0.6) is 0 Å². The Labute approximate surface area is 91.3 Å². The fraction of sp³-hybridized carbons (Fsp3) is 0.889. The highest BCUT2D eigenvalue weighted by atomic mass is 32.2. The van der Waals surface area contributed by atoms with Crippen LogP contribution in [0.1, 0.15) is 26.7 Å². The molecular weight excluding hydrogens is 216 g/mol. The van der Waals surface area contributed by atoms with Gasteiger partial charge in [-0.3, -0.25) is 4.79 Å². The summed E-state index contributed by atoms with van der Waals surface area (Å²) in [7, 11) is -3.12. The van der Waals surface area contributed by atoms with Crippen molar-refractivity contribution in [3.8, 4) is 0 Å². The summed E-state index contributed by atoms with van der Waals surface area (Å²) in [6.45, 7) is 4.03. The highest BCUT2D eigenvalue weighted by Gasteiger charge is 2.13. The van der Waals surface area contributed by atoms with Crippen LogP contribution in [0.4, 0.5) is 0 Å². The molecule has 0 aliphatic carbocycles. The van der Waals surface area contributed by atoms with Crippen molar-refractivity contribution in [3.63, 3.8) is 0 Å². The first-order valence-electron chi connectivity index (χ1n) is 5.07. The maximum absolute atomic E-state index is 11.3. The number of rotatable bonds is 7. The van der Waals surface area contributed by atoms with E-state index in [0.29, 0.717) is 13.0 Å². The fourth-order valence-corrected chi connectivity index (χ4v) is 2.35. The summed E-state index contributed by atoms with van der Waals surface area (Å²) in [4.78, 5) is 11.2. The average Bonchev–Trinajstić information content (AvgIpc) is 2.11. The molecule has 0 aliphatic heterocycles. The van der Waals surface area contributed by atoms with Gasteiger partial charge in [-0.1, -0.05) is 0 Å². The molecule has 0 bridgehead atoms. The minimum atomic E-state index is -3.12. The van der Waals surface area contributed by atoms with E-state index in [1.807, 2.05) is 13.8 Å². The van der Waals surface area contributed by atoms with Gasteiger partial charge in [-0.05, 0) is 26.8 Å². The number of nitrogens with one attached hydrogen (secondary N) is 1. The van der Waals surface area contributed by atoms with Gasteiger partial charge in [-0.25, -0.2) is 8.42 Å². The molecule has 0 fully saturated rings. The summed E-state index contributed by atoms with van der Waals surface area (Å²) in [5.74, 6) is -0.245. The van der Waals surface area contributed by atoms with E-state index in [1.165, 1.54) is 0 Å². The van der Waals surface area contributed by atoms with Crippen molar-refractivity contribution in [3.05, 3.63) is 0 Å². The van der Waals surface area contributed by atoms with Gasteiger partial charge in [0, 0.05) is 12.5 Å². The summed E-state index contributed by atoms with van der Waals surface area (Å²) >= 11 is 0. The number of nitrogens with two attached hydrogens (primary N) is 1. The molecule has 3 N–H and O–H groups in total. The van der Waals surface area contributed by atoms with Crippen LogP contribution in [-0.4, -0.2) is 38.4 Å². The van der Waals surface area contributed by atoms with E-state index in [4.69, 9.17) is 5.73 Å². The summed E-state index contributed by atoms with van der Waals surface area (Å²) in [5, 5.41) is 2.64. The van der Waals surface area contributed by atoms with E-state index >= 15 is 0 Å². The third-order valence-electron chi connectivity index (χ3n) is 1.75. The Morgan fingerprint density at radius 2 is 1.93 bits per heavy atom. The van der Waals surface area contributed by atoms with Crippen LogP contribution in [0, 0.1) is 0 Å². The minimum absolute atomic E-state index is 0.0328. The molecule has 0 aromatic rings. The largest absolute Gasteiger partial charge is 0.354 e. The molecule has 0 radical (unpaired) electrons. The van der Waals surface area contributed by atoms with Crippen LogP contribution in [-0.2, 0) is 14.6 Å². The molecule has 0 aromatic carbocycles. The molecule has 0 aliphatic rings. The Hall–Kier alpha value is -0.620. The van der Waals surface area contributed by atoms with Crippen molar-refractivity contribution in [2.45, 2.75) is 32.7 Å². The molecule has 0 aromatic heterocycles. The first-order chi connectivity index (χ1) is 6.87. The topological polar surface area (TPSA) is 89.3 Å². The summed E-state index contributed by atoms with van der Waals surface area (Å²) in [6, 6.07) is 0.0456. The Kier molecular flexibility index (Phi) is 6.51. The second-order valence-electron chi connectivity index (χ2n) is 3.77. The van der Waals surface area contributed by atoms with Crippen LogP contribution < -0.4 is 11.1 Å². The zero-order valence-electron chi connectivity index (χ0n) is 9.32. The Balaban J connectivity index is 3.88. The van der Waals surface area contributed by atoms with Crippen molar-refractivity contribution in [2.75, 3.05) is 18.1 Å². The normalized spacial score (nSPS) is 11.7. The van der Waals surface area contributed by atoms with E-state index in [2.05, 4.69) is 5.32 Å². The van der Waals surface area contributed by atoms with E-state index in [0.717, 1.165) is 0 Å². The number of hydrogen-bond donors (Lipinski definition) is 2. The van der Waals surface area contributed by atoms with Gasteiger partial charge in [0.25, 0.3) is 0 Å². The van der Waals surface area contributed by atoms with Crippen LogP contribution in [0.3, 0.4) is 0 Å². The maximum Gasteiger partial charge on any atom is 0.221 e. The summed E-state index contributed by atoms with van der Waals surface area (Å²) in [6.07, 6.45) is 0.485. The van der Waals surface area contributed by atoms with E-state index in [9.17, 15) is 13.2 Å². The molecule has 5 nitrogen and oxygen atoms in total. The lowest BCUT2D eigenvalue weighted by Crippen LogP contribution is -2.31. The van der Waals surface area contributed by atoms with Crippen LogP contribution >= 0.6 is 0 Å². The standard InChI is InChI=1S/C9H20N2O3S/c1-8(2)11-9(12)4-7-15(13,14)6-3-5-10/h8H,3-7,10H2,1-2H3,(H,11,12). The number of carbonyl (C=O) groups excluding carboxylic acids is 1. The molecule has 0 rings (SSSR count). The third kappa shape index (κ3) is 8.38. The zero-order valence-corrected chi connectivity index (χ0v) is 10.1. The van der Waals surface area contributed by atoms with Gasteiger partial charge < -0.3 is 11.1 Å². The van der Waals surface area contributed by atoms with Crippen LogP contribution in [0.2, 0.25) is 0 Å². The van der Waals surface area contributed by atoms with Crippen LogP contribution in [0.25, 0.3) is 0 Å². The molecule has 0 heterocycles. The minimum Gasteiger partial charge on any atom is -0.354 e. The highest BCUT2D eigenvalue weighted by Crippen LogP contribution is 1.97. The van der Waals surface area contributed by atoms with Crippen LogP contribution in [0.15, 0.2) is 0 Å². The van der Waals surface area contributed by atoms with E-state index in [-0.39, 0.29) is 29.9 Å². The van der Waals surface area contributed by atoms with Gasteiger partial charge in [0.05, 0.1) is 11.5 Å². The molecule has 0 saturated heterocycles. The number of sulfone groups is 1. The maximum atomic E-state index is 11.3. The van der Waals surface area contributed by atoms with E-state index < -0.39 is 9.84 Å². The highest BCUT2D eigenvalue weighted by molar-refractivity contribution is 7.91. The van der Waals surface area contributed by atoms with Gasteiger partial charge in [0.15, 0.2) is 9.84 Å². The number of amides is 1. The van der Waals surface area contributed by atoms with Gasteiger partial charge in [0.1, 0.15) is 0 Å². The predicted octanol–water partition coefficient (Wildman–Crippen LogP) is -0.335. The van der Waals surface area contributed by atoms with E-state index in [1.54, 1.807) is 0 Å². The van der Waals surface area contributed by atoms with Gasteiger partial charge in [0.2, 0.25) is 5.91 Å². The Morgan fingerprint density at radius 1 is 1.33 bits per heavy atom. The molecule has 6 heteroatoms. The summed E-state index contributed by atoms with van der Waals surface area (Å²) in [5.41, 5.74) is 5.21. The second kappa shape index (κ2) is 6.79. The summed E-state index contributed by atoms with van der Waals surface area (Å²) < 4.78 is 22.7. The lowest BCUT2D eigenvalue weighted by molar-refractivity contribution is -0.121. The van der Waals surface area contributed by atoms with Gasteiger partial charge in [-0.15, -0.1) is 0 Å². The Morgan fingerprint density at radius 3 is 2.40 bits per heavy atom. The monoisotopic (exact) mass is 236 g/mol. The first kappa shape index (κ1) is 14.4. The molecule has 0 unspecified atom stereocenters. The predicted molar refractivity (Wildman–Crippen MR) is 60.2 cm³/mol. The molecule has 1 amide bonds. The molecule has 15 heavy (non-hydrogen) atoms. The Bertz CT molecular complexity index is 286. The average molecular weight is 236 g/mol. The molecular formula is C9H20N2O3S. The van der Waals surface area contributed by atoms with Crippen molar-refractivity contribution < 1.29 is 13.2 Å². The molecule has 0 saturated carbocycles. The SMILES string of the molecule is CC(C)NC(=O)CCS(=O)(=O)CCCN. The van der Waals surface area contributed by atoms with Gasteiger partial charge >= 0.3 is 0 Å². The fourth-order valence-electron chi connectivity index (χ4n) is 1.05. The number of hydrogen-bond acceptors (Lipinski definition) is 4.